The number of rotatable bonds is 10. The Hall–Kier alpha value is -3.50. The Morgan fingerprint density at radius 1 is 0.939 bits per heavy atom. The summed E-state index contributed by atoms with van der Waals surface area (Å²) < 4.78 is 49.0. The summed E-state index contributed by atoms with van der Waals surface area (Å²) in [6.45, 7) is 1.87. The molecule has 2 aromatic carbocycles. The maximum atomic E-state index is 12.9. The van der Waals surface area contributed by atoms with Crippen LogP contribution in [0.1, 0.15) is 27.2 Å². The van der Waals surface area contributed by atoms with Crippen molar-refractivity contribution in [3.63, 3.8) is 0 Å². The molecule has 0 spiro atoms. The zero-order chi connectivity index (χ0) is 24.0. The van der Waals surface area contributed by atoms with E-state index in [0.717, 1.165) is 0 Å². The Morgan fingerprint density at radius 2 is 1.64 bits per heavy atom. The summed E-state index contributed by atoms with van der Waals surface area (Å²) in [6.07, 6.45) is 1.46. The van der Waals surface area contributed by atoms with Crippen molar-refractivity contribution in [3.8, 4) is 17.2 Å². The predicted octanol–water partition coefficient (Wildman–Crippen LogP) is 3.02. The lowest BCUT2D eigenvalue weighted by molar-refractivity contribution is 0.0950. The first-order chi connectivity index (χ1) is 15.8. The Kier molecular flexibility index (Phi) is 7.62. The highest BCUT2D eigenvalue weighted by atomic mass is 32.2. The van der Waals surface area contributed by atoms with Crippen molar-refractivity contribution in [2.75, 3.05) is 21.3 Å². The third-order valence-electron chi connectivity index (χ3n) is 5.01. The van der Waals surface area contributed by atoms with E-state index in [4.69, 9.17) is 18.6 Å². The molecule has 0 fully saturated rings. The molecule has 1 aromatic heterocycles. The second-order valence-electron chi connectivity index (χ2n) is 7.08. The van der Waals surface area contributed by atoms with Crippen LogP contribution in [-0.2, 0) is 23.1 Å². The lowest BCUT2D eigenvalue weighted by atomic mass is 10.1. The number of furan rings is 1. The molecule has 0 radical (unpaired) electrons. The van der Waals surface area contributed by atoms with Crippen molar-refractivity contribution in [3.05, 3.63) is 71.2 Å². The highest BCUT2D eigenvalue weighted by Crippen LogP contribution is 2.34. The summed E-state index contributed by atoms with van der Waals surface area (Å²) in [6, 6.07) is 11.1. The standard InChI is InChI=1S/C23H26N2O7S/c1-15-7-8-18(33(27,28)25-14-17-6-5-9-32-17)11-19(15)23(26)24-13-16-10-21(30-3)22(31-4)12-20(16)29-2/h5-12,25H,13-14H2,1-4H3,(H,24,26). The minimum Gasteiger partial charge on any atom is -0.496 e. The molecular weight excluding hydrogens is 448 g/mol. The van der Waals surface area contributed by atoms with Crippen LogP contribution in [0.4, 0.5) is 0 Å². The molecule has 33 heavy (non-hydrogen) atoms. The zero-order valence-electron chi connectivity index (χ0n) is 18.8. The van der Waals surface area contributed by atoms with Crippen LogP contribution in [0.5, 0.6) is 17.2 Å². The number of carbonyl (C=O) groups is 1. The molecule has 0 atom stereocenters. The normalized spacial score (nSPS) is 11.2. The number of methoxy groups -OCH3 is 3. The van der Waals surface area contributed by atoms with Crippen LogP contribution in [0.25, 0.3) is 0 Å². The van der Waals surface area contributed by atoms with Gasteiger partial charge >= 0.3 is 0 Å². The summed E-state index contributed by atoms with van der Waals surface area (Å²) in [5, 5.41) is 2.81. The van der Waals surface area contributed by atoms with Gasteiger partial charge < -0.3 is 23.9 Å². The molecule has 0 aliphatic rings. The first kappa shape index (κ1) is 24.1. The average Bonchev–Trinajstić information content (AvgIpc) is 3.34. The second kappa shape index (κ2) is 10.4. The molecule has 0 bridgehead atoms. The van der Waals surface area contributed by atoms with Crippen molar-refractivity contribution in [2.45, 2.75) is 24.9 Å². The van der Waals surface area contributed by atoms with Crippen molar-refractivity contribution >= 4 is 15.9 Å². The van der Waals surface area contributed by atoms with E-state index < -0.39 is 15.9 Å². The monoisotopic (exact) mass is 474 g/mol. The average molecular weight is 475 g/mol. The summed E-state index contributed by atoms with van der Waals surface area (Å²) in [4.78, 5) is 12.9. The van der Waals surface area contributed by atoms with Gasteiger partial charge in [0.05, 0.1) is 39.0 Å². The van der Waals surface area contributed by atoms with E-state index in [9.17, 15) is 13.2 Å². The van der Waals surface area contributed by atoms with Gasteiger partial charge in [-0.2, -0.15) is 0 Å². The van der Waals surface area contributed by atoms with Crippen molar-refractivity contribution in [1.82, 2.24) is 10.0 Å². The van der Waals surface area contributed by atoms with Crippen LogP contribution >= 0.6 is 0 Å². The molecule has 0 aliphatic heterocycles. The van der Waals surface area contributed by atoms with Gasteiger partial charge in [-0.1, -0.05) is 6.07 Å². The molecule has 1 amide bonds. The summed E-state index contributed by atoms with van der Waals surface area (Å²) in [5.74, 6) is 1.57. The molecular formula is C23H26N2O7S. The third kappa shape index (κ3) is 5.65. The lowest BCUT2D eigenvalue weighted by Crippen LogP contribution is -2.26. The molecule has 10 heteroatoms. The Bertz CT molecular complexity index is 1220. The Labute approximate surface area is 192 Å². The topological polar surface area (TPSA) is 116 Å². The fourth-order valence-electron chi connectivity index (χ4n) is 3.18. The highest BCUT2D eigenvalue weighted by Gasteiger charge is 2.19. The summed E-state index contributed by atoms with van der Waals surface area (Å²) >= 11 is 0. The number of hydrogen-bond acceptors (Lipinski definition) is 7. The van der Waals surface area contributed by atoms with Gasteiger partial charge in [0.15, 0.2) is 11.5 Å². The fourth-order valence-corrected chi connectivity index (χ4v) is 4.20. The van der Waals surface area contributed by atoms with Gasteiger partial charge in [0.1, 0.15) is 11.5 Å². The molecule has 3 aromatic rings. The minimum atomic E-state index is -3.84. The van der Waals surface area contributed by atoms with Crippen molar-refractivity contribution < 1.29 is 31.8 Å². The fraction of sp³-hybridized carbons (Fsp3) is 0.261. The number of amides is 1. The number of carbonyl (C=O) groups excluding carboxylic acids is 1. The number of hydrogen-bond donors (Lipinski definition) is 2. The summed E-state index contributed by atoms with van der Waals surface area (Å²) in [5.41, 5.74) is 1.55. The van der Waals surface area contributed by atoms with Gasteiger partial charge in [-0.15, -0.1) is 0 Å². The van der Waals surface area contributed by atoms with Crippen LogP contribution < -0.4 is 24.2 Å². The number of aryl methyl sites for hydroxylation is 1. The molecule has 0 saturated carbocycles. The molecule has 0 saturated heterocycles. The molecule has 3 rings (SSSR count). The van der Waals surface area contributed by atoms with Gasteiger partial charge in [-0.3, -0.25) is 4.79 Å². The van der Waals surface area contributed by atoms with Crippen molar-refractivity contribution in [1.29, 1.82) is 0 Å². The molecule has 1 heterocycles. The first-order valence-electron chi connectivity index (χ1n) is 9.98. The van der Waals surface area contributed by atoms with E-state index in [-0.39, 0.29) is 23.5 Å². The van der Waals surface area contributed by atoms with E-state index in [1.54, 1.807) is 37.3 Å². The first-order valence-corrected chi connectivity index (χ1v) is 11.5. The minimum absolute atomic E-state index is 0.00381. The molecule has 2 N–H and O–H groups in total. The second-order valence-corrected chi connectivity index (χ2v) is 8.85. The number of benzene rings is 2. The predicted molar refractivity (Wildman–Crippen MR) is 121 cm³/mol. The Balaban J connectivity index is 1.78. The number of ether oxygens (including phenoxy) is 3. The number of nitrogens with one attached hydrogen (secondary N) is 2. The highest BCUT2D eigenvalue weighted by molar-refractivity contribution is 7.89. The van der Waals surface area contributed by atoms with Gasteiger partial charge in [0, 0.05) is 23.7 Å². The van der Waals surface area contributed by atoms with Crippen LogP contribution in [0, 0.1) is 6.92 Å². The largest absolute Gasteiger partial charge is 0.496 e. The lowest BCUT2D eigenvalue weighted by Gasteiger charge is -2.15. The van der Waals surface area contributed by atoms with E-state index >= 15 is 0 Å². The van der Waals surface area contributed by atoms with Crippen LogP contribution in [0.2, 0.25) is 0 Å². The smallest absolute Gasteiger partial charge is 0.251 e. The van der Waals surface area contributed by atoms with Gasteiger partial charge in [0.2, 0.25) is 10.0 Å². The zero-order valence-corrected chi connectivity index (χ0v) is 19.6. The van der Waals surface area contributed by atoms with Gasteiger partial charge in [-0.25, -0.2) is 13.1 Å². The number of sulfonamides is 1. The van der Waals surface area contributed by atoms with Crippen molar-refractivity contribution in [2.24, 2.45) is 0 Å². The van der Waals surface area contributed by atoms with Gasteiger partial charge in [0.25, 0.3) is 5.91 Å². The SMILES string of the molecule is COc1cc(OC)c(OC)cc1CNC(=O)c1cc(S(=O)(=O)NCc2ccco2)ccc1C. The third-order valence-corrected chi connectivity index (χ3v) is 6.41. The van der Waals surface area contributed by atoms with Crippen LogP contribution in [0.15, 0.2) is 58.0 Å². The van der Waals surface area contributed by atoms with E-state index in [2.05, 4.69) is 10.0 Å². The van der Waals surface area contributed by atoms with Crippen LogP contribution in [0.3, 0.4) is 0 Å². The van der Waals surface area contributed by atoms with Gasteiger partial charge in [-0.05, 0) is 42.8 Å². The Morgan fingerprint density at radius 3 is 2.27 bits per heavy atom. The van der Waals surface area contributed by atoms with E-state index in [1.165, 1.54) is 39.7 Å². The maximum absolute atomic E-state index is 12.9. The molecule has 0 aliphatic carbocycles. The van der Waals surface area contributed by atoms with Crippen LogP contribution in [-0.4, -0.2) is 35.7 Å². The molecule has 9 nitrogen and oxygen atoms in total. The molecule has 176 valence electrons. The quantitative estimate of drug-likeness (QED) is 0.464. The van der Waals surface area contributed by atoms with E-state index in [1.807, 2.05) is 0 Å². The van der Waals surface area contributed by atoms with E-state index in [0.29, 0.717) is 34.1 Å². The molecule has 0 unspecified atom stereocenters. The maximum Gasteiger partial charge on any atom is 0.251 e. The summed E-state index contributed by atoms with van der Waals surface area (Å²) in [7, 11) is 0.706.